The predicted molar refractivity (Wildman–Crippen MR) is 85.6 cm³/mol. The van der Waals surface area contributed by atoms with Gasteiger partial charge in [-0.1, -0.05) is 13.0 Å². The summed E-state index contributed by atoms with van der Waals surface area (Å²) in [7, 11) is -3.78. The summed E-state index contributed by atoms with van der Waals surface area (Å²) in [5.74, 6) is 0.816. The van der Waals surface area contributed by atoms with E-state index >= 15 is 0 Å². The van der Waals surface area contributed by atoms with Gasteiger partial charge in [-0.15, -0.1) is 0 Å². The minimum Gasteiger partial charge on any atom is -0.396 e. The molecule has 1 saturated heterocycles. The molecule has 5 N–H and O–H groups in total. The number of nitrogen functional groups attached to an aromatic ring is 1. The molecule has 2 rings (SSSR count). The van der Waals surface area contributed by atoms with E-state index in [1.54, 1.807) is 12.1 Å². The van der Waals surface area contributed by atoms with Crippen molar-refractivity contribution < 1.29 is 8.42 Å². The quantitative estimate of drug-likeness (QED) is 0.706. The second-order valence-electron chi connectivity index (χ2n) is 5.71. The summed E-state index contributed by atoms with van der Waals surface area (Å²) in [5, 5.41) is 8.34. The van der Waals surface area contributed by atoms with Crippen LogP contribution in [0, 0.1) is 5.92 Å². The largest absolute Gasteiger partial charge is 0.396 e. The molecule has 1 fully saturated rings. The third kappa shape index (κ3) is 4.33. The average molecular weight is 312 g/mol. The molecule has 6 nitrogen and oxygen atoms in total. The summed E-state index contributed by atoms with van der Waals surface area (Å²) in [6.45, 7) is 6.18. The Kier molecular flexibility index (Phi) is 5.08. The Morgan fingerprint density at radius 3 is 2.62 bits per heavy atom. The molecule has 0 amide bonds. The topological polar surface area (TPSA) is 101 Å². The predicted octanol–water partition coefficient (Wildman–Crippen LogP) is 1.06. The fourth-order valence-electron chi connectivity index (χ4n) is 2.58. The number of benzene rings is 1. The first-order chi connectivity index (χ1) is 9.88. The van der Waals surface area contributed by atoms with E-state index in [2.05, 4.69) is 17.1 Å². The van der Waals surface area contributed by atoms with Gasteiger partial charge in [0.05, 0.1) is 11.4 Å². The zero-order chi connectivity index (χ0) is 15.5. The number of rotatable bonds is 5. The highest BCUT2D eigenvalue weighted by Crippen LogP contribution is 2.25. The summed E-state index contributed by atoms with van der Waals surface area (Å²) in [4.78, 5) is 2.38. The van der Waals surface area contributed by atoms with Crippen molar-refractivity contribution >= 4 is 21.4 Å². The molecular formula is C14H24N4O2S. The van der Waals surface area contributed by atoms with Crippen LogP contribution in [0.15, 0.2) is 23.1 Å². The number of nitrogens with one attached hydrogen (secondary N) is 1. The van der Waals surface area contributed by atoms with Gasteiger partial charge < -0.3 is 16.0 Å². The van der Waals surface area contributed by atoms with Crippen molar-refractivity contribution in [2.45, 2.75) is 24.7 Å². The minimum absolute atomic E-state index is 0.0284. The Balaban J connectivity index is 1.92. The van der Waals surface area contributed by atoms with Crippen LogP contribution in [0.5, 0.6) is 0 Å². The smallest absolute Gasteiger partial charge is 0.240 e. The number of piperidine rings is 1. The van der Waals surface area contributed by atoms with Crippen molar-refractivity contribution in [2.24, 2.45) is 11.1 Å². The highest BCUT2D eigenvalue weighted by atomic mass is 32.2. The fraction of sp³-hybridized carbons (Fsp3) is 0.571. The van der Waals surface area contributed by atoms with E-state index in [0.717, 1.165) is 32.1 Å². The number of hydrogen-bond donors (Lipinski definition) is 3. The molecule has 1 aromatic carbocycles. The number of likely N-dealkylation sites (tertiary alicyclic amines) is 1. The van der Waals surface area contributed by atoms with Crippen molar-refractivity contribution in [3.8, 4) is 0 Å². The van der Waals surface area contributed by atoms with Gasteiger partial charge in [0, 0.05) is 13.1 Å². The zero-order valence-corrected chi connectivity index (χ0v) is 13.2. The van der Waals surface area contributed by atoms with Crippen LogP contribution < -0.4 is 16.2 Å². The van der Waals surface area contributed by atoms with E-state index in [1.165, 1.54) is 18.9 Å². The number of nitrogens with two attached hydrogens (primary N) is 2. The van der Waals surface area contributed by atoms with Gasteiger partial charge in [-0.25, -0.2) is 13.6 Å². The Morgan fingerprint density at radius 2 is 2.00 bits per heavy atom. The van der Waals surface area contributed by atoms with Gasteiger partial charge >= 0.3 is 0 Å². The Bertz CT molecular complexity index is 581. The van der Waals surface area contributed by atoms with E-state index in [0.29, 0.717) is 5.69 Å². The van der Waals surface area contributed by atoms with E-state index < -0.39 is 10.0 Å². The average Bonchev–Trinajstić information content (AvgIpc) is 2.41. The molecule has 21 heavy (non-hydrogen) atoms. The highest BCUT2D eigenvalue weighted by Gasteiger charge is 2.16. The maximum atomic E-state index is 11.4. The maximum Gasteiger partial charge on any atom is 0.240 e. The lowest BCUT2D eigenvalue weighted by atomic mass is 9.99. The van der Waals surface area contributed by atoms with Crippen LogP contribution in [0.4, 0.5) is 11.4 Å². The first-order valence-corrected chi connectivity index (χ1v) is 8.80. The monoisotopic (exact) mass is 312 g/mol. The van der Waals surface area contributed by atoms with E-state index in [1.807, 2.05) is 0 Å². The van der Waals surface area contributed by atoms with Gasteiger partial charge in [-0.05, 0) is 44.0 Å². The van der Waals surface area contributed by atoms with Crippen LogP contribution in [0.25, 0.3) is 0 Å². The maximum absolute atomic E-state index is 11.4. The molecule has 0 bridgehead atoms. The van der Waals surface area contributed by atoms with Crippen LogP contribution in [0.3, 0.4) is 0 Å². The van der Waals surface area contributed by atoms with Gasteiger partial charge in [0.1, 0.15) is 4.90 Å². The lowest BCUT2D eigenvalue weighted by Gasteiger charge is -2.30. The normalized spacial score (nSPS) is 17.8. The molecule has 1 aromatic rings. The molecule has 0 radical (unpaired) electrons. The lowest BCUT2D eigenvalue weighted by molar-refractivity contribution is 0.199. The van der Waals surface area contributed by atoms with E-state index in [4.69, 9.17) is 10.9 Å². The van der Waals surface area contributed by atoms with Gasteiger partial charge in [0.2, 0.25) is 10.0 Å². The zero-order valence-electron chi connectivity index (χ0n) is 12.4. The molecule has 0 spiro atoms. The lowest BCUT2D eigenvalue weighted by Crippen LogP contribution is -2.36. The van der Waals surface area contributed by atoms with Crippen molar-refractivity contribution in [3.63, 3.8) is 0 Å². The van der Waals surface area contributed by atoms with Crippen molar-refractivity contribution in [3.05, 3.63) is 18.2 Å². The van der Waals surface area contributed by atoms with Crippen molar-refractivity contribution in [1.82, 2.24) is 4.90 Å². The van der Waals surface area contributed by atoms with E-state index in [-0.39, 0.29) is 10.6 Å². The van der Waals surface area contributed by atoms with Crippen molar-refractivity contribution in [2.75, 3.05) is 37.2 Å². The van der Waals surface area contributed by atoms with Crippen LogP contribution in [-0.2, 0) is 10.0 Å². The van der Waals surface area contributed by atoms with Gasteiger partial charge in [-0.3, -0.25) is 0 Å². The number of para-hydroxylation sites is 1. The van der Waals surface area contributed by atoms with Crippen LogP contribution in [0.2, 0.25) is 0 Å². The SMILES string of the molecule is CC1CCN(CCNc2cccc(S(N)(=O)=O)c2N)CC1. The van der Waals surface area contributed by atoms with Crippen molar-refractivity contribution in [1.29, 1.82) is 0 Å². The van der Waals surface area contributed by atoms with Crippen LogP contribution in [0.1, 0.15) is 19.8 Å². The molecule has 1 heterocycles. The minimum atomic E-state index is -3.78. The third-order valence-electron chi connectivity index (χ3n) is 3.99. The second-order valence-corrected chi connectivity index (χ2v) is 7.24. The number of sulfonamides is 1. The van der Waals surface area contributed by atoms with Crippen LogP contribution >= 0.6 is 0 Å². The molecule has 7 heteroatoms. The number of nitrogens with zero attached hydrogens (tertiary/aromatic N) is 1. The standard InChI is InChI=1S/C14H24N4O2S/c1-11-5-8-18(9-6-11)10-7-17-12-3-2-4-13(14(12)15)21(16,19)20/h2-4,11,17H,5-10,15H2,1H3,(H2,16,19,20). The first-order valence-electron chi connectivity index (χ1n) is 7.25. The summed E-state index contributed by atoms with van der Waals surface area (Å²) >= 11 is 0. The molecule has 0 atom stereocenters. The third-order valence-corrected chi connectivity index (χ3v) is 4.96. The molecule has 0 saturated carbocycles. The van der Waals surface area contributed by atoms with Gasteiger partial charge in [0.15, 0.2) is 0 Å². The Morgan fingerprint density at radius 1 is 1.33 bits per heavy atom. The second kappa shape index (κ2) is 6.64. The Labute approximate surface area is 126 Å². The molecule has 118 valence electrons. The first kappa shape index (κ1) is 16.1. The molecule has 1 aliphatic heterocycles. The molecule has 0 aliphatic carbocycles. The molecular weight excluding hydrogens is 288 g/mol. The van der Waals surface area contributed by atoms with Gasteiger partial charge in [-0.2, -0.15) is 0 Å². The van der Waals surface area contributed by atoms with E-state index in [9.17, 15) is 8.42 Å². The number of anilines is 2. The summed E-state index contributed by atoms with van der Waals surface area (Å²) in [6, 6.07) is 4.82. The molecule has 0 aromatic heterocycles. The Hall–Kier alpha value is -1.31. The molecule has 0 unspecified atom stereocenters. The molecule has 1 aliphatic rings. The van der Waals surface area contributed by atoms with Crippen LogP contribution in [-0.4, -0.2) is 39.5 Å². The summed E-state index contributed by atoms with van der Waals surface area (Å²) in [6.07, 6.45) is 2.48. The summed E-state index contributed by atoms with van der Waals surface area (Å²) in [5.41, 5.74) is 6.68. The number of primary sulfonamides is 1. The summed E-state index contributed by atoms with van der Waals surface area (Å²) < 4.78 is 22.8. The highest BCUT2D eigenvalue weighted by molar-refractivity contribution is 7.89. The fourth-order valence-corrected chi connectivity index (χ4v) is 3.27. The van der Waals surface area contributed by atoms with Gasteiger partial charge in [0.25, 0.3) is 0 Å². The number of hydrogen-bond acceptors (Lipinski definition) is 5.